The van der Waals surface area contributed by atoms with Gasteiger partial charge < -0.3 is 9.84 Å². The fourth-order valence-electron chi connectivity index (χ4n) is 2.93. The first-order valence-electron chi connectivity index (χ1n) is 9.13. The zero-order chi connectivity index (χ0) is 21.1. The maximum atomic E-state index is 13.1. The van der Waals surface area contributed by atoms with Crippen molar-refractivity contribution in [1.29, 1.82) is 0 Å². The van der Waals surface area contributed by atoms with Crippen LogP contribution in [0.1, 0.15) is 12.0 Å². The van der Waals surface area contributed by atoms with Gasteiger partial charge in [-0.1, -0.05) is 28.9 Å². The molecular weight excluding hydrogens is 411 g/mol. The van der Waals surface area contributed by atoms with Gasteiger partial charge in [-0.05, 0) is 42.0 Å². The molecule has 0 unspecified atom stereocenters. The average molecular weight is 427 g/mol. The number of halogens is 2. The van der Waals surface area contributed by atoms with Crippen LogP contribution in [-0.2, 0) is 17.9 Å². The number of nitrogens with one attached hydrogen (secondary N) is 1. The Balaban J connectivity index is 1.44. The van der Waals surface area contributed by atoms with E-state index in [9.17, 15) is 14.0 Å². The first-order chi connectivity index (χ1) is 14.5. The Morgan fingerprint density at radius 1 is 1.13 bits per heavy atom. The Kier molecular flexibility index (Phi) is 5.58. The predicted molar refractivity (Wildman–Crippen MR) is 109 cm³/mol. The van der Waals surface area contributed by atoms with Crippen LogP contribution in [0.25, 0.3) is 22.4 Å². The van der Waals surface area contributed by atoms with Crippen LogP contribution in [0.15, 0.2) is 64.2 Å². The molecule has 0 fully saturated rings. The fourth-order valence-corrected chi connectivity index (χ4v) is 3.05. The summed E-state index contributed by atoms with van der Waals surface area (Å²) in [5, 5.41) is 7.32. The van der Waals surface area contributed by atoms with Crippen LogP contribution in [0.2, 0.25) is 5.02 Å². The molecule has 9 heteroatoms. The van der Waals surface area contributed by atoms with Gasteiger partial charge in [0, 0.05) is 30.1 Å². The van der Waals surface area contributed by atoms with E-state index in [1.807, 2.05) is 12.1 Å². The van der Waals surface area contributed by atoms with Crippen molar-refractivity contribution in [1.82, 2.24) is 20.0 Å². The number of carbonyl (C=O) groups excluding carboxylic acids is 1. The summed E-state index contributed by atoms with van der Waals surface area (Å²) < 4.78 is 19.6. The number of benzene rings is 2. The van der Waals surface area contributed by atoms with Crippen LogP contribution in [0, 0.1) is 5.82 Å². The minimum atomic E-state index is -0.439. The highest BCUT2D eigenvalue weighted by Crippen LogP contribution is 2.24. The number of nitrogens with zero attached hydrogens (tertiary/aromatic N) is 3. The molecule has 0 aliphatic heterocycles. The summed E-state index contributed by atoms with van der Waals surface area (Å²) in [6.07, 6.45) is 1.45. The Hall–Kier alpha value is -3.52. The molecule has 30 heavy (non-hydrogen) atoms. The lowest BCUT2D eigenvalue weighted by Gasteiger charge is -2.07. The SMILES string of the molecule is O=C(CCn1cnc2c(-c3ccc(F)cc3)noc2c1=O)NCc1ccc(Cl)cc1. The van der Waals surface area contributed by atoms with Gasteiger partial charge in [-0.3, -0.25) is 14.2 Å². The first kappa shape index (κ1) is 19.8. The highest BCUT2D eigenvalue weighted by molar-refractivity contribution is 6.30. The van der Waals surface area contributed by atoms with Crippen LogP contribution < -0.4 is 10.9 Å². The van der Waals surface area contributed by atoms with Crippen molar-refractivity contribution >= 4 is 28.6 Å². The lowest BCUT2D eigenvalue weighted by molar-refractivity contribution is -0.121. The minimum Gasteiger partial charge on any atom is -0.352 e. The quantitative estimate of drug-likeness (QED) is 0.509. The lowest BCUT2D eigenvalue weighted by Crippen LogP contribution is -2.27. The number of aromatic nitrogens is 3. The number of aryl methyl sites for hydroxylation is 1. The van der Waals surface area contributed by atoms with Gasteiger partial charge in [-0.25, -0.2) is 9.37 Å². The fraction of sp³-hybridized carbons (Fsp3) is 0.143. The third-order valence-corrected chi connectivity index (χ3v) is 4.80. The van der Waals surface area contributed by atoms with Crippen LogP contribution in [0.3, 0.4) is 0 Å². The highest BCUT2D eigenvalue weighted by Gasteiger charge is 2.16. The molecule has 0 aliphatic carbocycles. The summed E-state index contributed by atoms with van der Waals surface area (Å²) in [7, 11) is 0. The largest absolute Gasteiger partial charge is 0.352 e. The van der Waals surface area contributed by atoms with Gasteiger partial charge in [-0.2, -0.15) is 0 Å². The predicted octanol–water partition coefficient (Wildman–Crippen LogP) is 3.55. The van der Waals surface area contributed by atoms with E-state index in [4.69, 9.17) is 16.1 Å². The molecule has 4 rings (SSSR count). The second-order valence-electron chi connectivity index (χ2n) is 6.61. The summed E-state index contributed by atoms with van der Waals surface area (Å²) in [5.41, 5.74) is 1.69. The van der Waals surface area contributed by atoms with Crippen LogP contribution in [0.5, 0.6) is 0 Å². The van der Waals surface area contributed by atoms with E-state index in [1.54, 1.807) is 12.1 Å². The van der Waals surface area contributed by atoms with Crippen LogP contribution in [-0.4, -0.2) is 20.6 Å². The van der Waals surface area contributed by atoms with Gasteiger partial charge >= 0.3 is 0 Å². The average Bonchev–Trinajstić information content (AvgIpc) is 3.18. The van der Waals surface area contributed by atoms with Crippen molar-refractivity contribution in [2.45, 2.75) is 19.5 Å². The van der Waals surface area contributed by atoms with Crippen molar-refractivity contribution in [3.8, 4) is 11.3 Å². The molecular formula is C21H16ClFN4O3. The zero-order valence-electron chi connectivity index (χ0n) is 15.6. The molecule has 0 saturated carbocycles. The van der Waals surface area contributed by atoms with Crippen molar-refractivity contribution in [3.63, 3.8) is 0 Å². The normalized spacial score (nSPS) is 11.0. The van der Waals surface area contributed by atoms with Crippen molar-refractivity contribution in [2.75, 3.05) is 0 Å². The molecule has 0 atom stereocenters. The monoisotopic (exact) mass is 426 g/mol. The van der Waals surface area contributed by atoms with Gasteiger partial charge in [0.15, 0.2) is 0 Å². The molecule has 0 spiro atoms. The molecule has 1 N–H and O–H groups in total. The summed E-state index contributed by atoms with van der Waals surface area (Å²) in [4.78, 5) is 29.0. The van der Waals surface area contributed by atoms with E-state index in [0.29, 0.717) is 22.8 Å². The Morgan fingerprint density at radius 2 is 1.87 bits per heavy atom. The topological polar surface area (TPSA) is 90.0 Å². The van der Waals surface area contributed by atoms with E-state index >= 15 is 0 Å². The number of rotatable bonds is 6. The summed E-state index contributed by atoms with van der Waals surface area (Å²) in [5.74, 6) is -0.585. The van der Waals surface area contributed by atoms with Gasteiger partial charge in [0.1, 0.15) is 17.0 Å². The minimum absolute atomic E-state index is 0.0154. The highest BCUT2D eigenvalue weighted by atomic mass is 35.5. The number of fused-ring (bicyclic) bond motifs is 1. The zero-order valence-corrected chi connectivity index (χ0v) is 16.4. The number of amides is 1. The molecule has 4 aromatic rings. The smallest absolute Gasteiger partial charge is 0.299 e. The van der Waals surface area contributed by atoms with Crippen LogP contribution in [0.4, 0.5) is 4.39 Å². The molecule has 7 nitrogen and oxygen atoms in total. The Labute approximate surface area is 175 Å². The number of hydrogen-bond donors (Lipinski definition) is 1. The van der Waals surface area contributed by atoms with Gasteiger partial charge in [0.05, 0.1) is 6.33 Å². The molecule has 2 aromatic carbocycles. The molecule has 0 saturated heterocycles. The van der Waals surface area contributed by atoms with Crippen LogP contribution >= 0.6 is 11.6 Å². The van der Waals surface area contributed by atoms with E-state index in [2.05, 4.69) is 15.5 Å². The summed E-state index contributed by atoms with van der Waals surface area (Å²) in [6.45, 7) is 0.506. The summed E-state index contributed by atoms with van der Waals surface area (Å²) >= 11 is 5.84. The second-order valence-corrected chi connectivity index (χ2v) is 7.05. The van der Waals surface area contributed by atoms with Crippen molar-refractivity contribution in [2.24, 2.45) is 0 Å². The molecule has 2 heterocycles. The van der Waals surface area contributed by atoms with Gasteiger partial charge in [-0.15, -0.1) is 0 Å². The maximum Gasteiger partial charge on any atom is 0.299 e. The second kappa shape index (κ2) is 8.46. The third kappa shape index (κ3) is 4.23. The first-order valence-corrected chi connectivity index (χ1v) is 9.51. The Morgan fingerprint density at radius 3 is 2.60 bits per heavy atom. The number of carbonyl (C=O) groups is 1. The maximum absolute atomic E-state index is 13.1. The molecule has 0 aliphatic rings. The van der Waals surface area contributed by atoms with Gasteiger partial charge in [0.2, 0.25) is 5.91 Å². The van der Waals surface area contributed by atoms with Crippen molar-refractivity contribution < 1.29 is 13.7 Å². The number of hydrogen-bond acceptors (Lipinski definition) is 5. The third-order valence-electron chi connectivity index (χ3n) is 4.55. The van der Waals surface area contributed by atoms with E-state index < -0.39 is 5.56 Å². The van der Waals surface area contributed by atoms with E-state index in [-0.39, 0.29) is 35.8 Å². The molecule has 0 bridgehead atoms. The lowest BCUT2D eigenvalue weighted by atomic mass is 10.1. The molecule has 152 valence electrons. The Bertz CT molecular complexity index is 1250. The molecule has 1 amide bonds. The standard InChI is InChI=1S/C21H16ClFN4O3/c22-15-5-1-13(2-6-15)11-24-17(28)9-10-27-12-25-19-18(26-30-20(19)21(27)29)14-3-7-16(23)8-4-14/h1-8,12H,9-11H2,(H,24,28). The molecule has 2 aromatic heterocycles. The summed E-state index contributed by atoms with van der Waals surface area (Å²) in [6, 6.07) is 12.8. The van der Waals surface area contributed by atoms with E-state index in [1.165, 1.54) is 35.2 Å². The molecule has 0 radical (unpaired) electrons. The van der Waals surface area contributed by atoms with Gasteiger partial charge in [0.25, 0.3) is 11.1 Å². The van der Waals surface area contributed by atoms with E-state index in [0.717, 1.165) is 5.56 Å². The van der Waals surface area contributed by atoms with Crippen molar-refractivity contribution in [3.05, 3.63) is 81.6 Å².